The smallest absolute Gasteiger partial charge is 0.225 e. The second kappa shape index (κ2) is 8.50. The lowest BCUT2D eigenvalue weighted by Gasteiger charge is -2.38. The Labute approximate surface area is 185 Å². The van der Waals surface area contributed by atoms with Crippen molar-refractivity contribution in [1.82, 2.24) is 19.8 Å². The van der Waals surface area contributed by atoms with Crippen LogP contribution in [0.25, 0.3) is 22.4 Å². The predicted molar refractivity (Wildman–Crippen MR) is 120 cm³/mol. The van der Waals surface area contributed by atoms with Crippen LogP contribution in [-0.4, -0.2) is 72.0 Å². The van der Waals surface area contributed by atoms with Crippen molar-refractivity contribution in [3.8, 4) is 11.4 Å². The van der Waals surface area contributed by atoms with E-state index in [2.05, 4.69) is 26.8 Å². The number of nitrogens with one attached hydrogen (secondary N) is 1. The molecule has 2 aliphatic heterocycles. The molecule has 5 rings (SSSR count). The van der Waals surface area contributed by atoms with E-state index < -0.39 is 0 Å². The van der Waals surface area contributed by atoms with E-state index in [-0.39, 0.29) is 23.5 Å². The van der Waals surface area contributed by atoms with Gasteiger partial charge in [0.1, 0.15) is 17.5 Å². The number of halogens is 2. The van der Waals surface area contributed by atoms with E-state index in [0.29, 0.717) is 22.4 Å². The molecule has 0 aliphatic carbocycles. The molecule has 0 radical (unpaired) electrons. The summed E-state index contributed by atoms with van der Waals surface area (Å²) in [5, 5.41) is 0. The van der Waals surface area contributed by atoms with Crippen molar-refractivity contribution in [2.24, 2.45) is 5.92 Å². The molecule has 0 saturated carbocycles. The standard InChI is InChI=1S/C24H27F2N5O/c1-29-10-12-31(13-11-29)24(32)16-6-8-30(9-7-16)18-3-4-20(26)19(15-18)23-27-21-5-2-17(25)14-22(21)28-23/h2-5,14-16H,6-13H2,1H3,(H,27,28). The van der Waals surface area contributed by atoms with E-state index in [1.165, 1.54) is 18.2 Å². The van der Waals surface area contributed by atoms with Gasteiger partial charge in [-0.1, -0.05) is 0 Å². The van der Waals surface area contributed by atoms with Crippen LogP contribution in [0, 0.1) is 17.6 Å². The quantitative estimate of drug-likeness (QED) is 0.679. The summed E-state index contributed by atoms with van der Waals surface area (Å²) < 4.78 is 28.1. The fraction of sp³-hybridized carbons (Fsp3) is 0.417. The first-order valence-electron chi connectivity index (χ1n) is 11.2. The Balaban J connectivity index is 1.29. The van der Waals surface area contributed by atoms with E-state index in [9.17, 15) is 13.6 Å². The average molecular weight is 440 g/mol. The number of aromatic nitrogens is 2. The van der Waals surface area contributed by atoms with E-state index in [1.807, 2.05) is 4.90 Å². The number of benzene rings is 2. The van der Waals surface area contributed by atoms with Crippen LogP contribution in [0.15, 0.2) is 36.4 Å². The summed E-state index contributed by atoms with van der Waals surface area (Å²) in [5.74, 6) is -0.0517. The third-order valence-corrected chi connectivity index (χ3v) is 6.67. The number of hydrogen-bond acceptors (Lipinski definition) is 4. The van der Waals surface area contributed by atoms with Gasteiger partial charge in [0.15, 0.2) is 0 Å². The van der Waals surface area contributed by atoms with Crippen LogP contribution < -0.4 is 4.90 Å². The zero-order valence-electron chi connectivity index (χ0n) is 18.2. The zero-order valence-corrected chi connectivity index (χ0v) is 18.2. The number of H-pyrrole nitrogens is 1. The van der Waals surface area contributed by atoms with Gasteiger partial charge in [-0.05, 0) is 50.2 Å². The molecule has 0 atom stereocenters. The van der Waals surface area contributed by atoms with E-state index >= 15 is 0 Å². The fourth-order valence-corrected chi connectivity index (χ4v) is 4.67. The Morgan fingerprint density at radius 1 is 1.00 bits per heavy atom. The van der Waals surface area contributed by atoms with Crippen molar-refractivity contribution < 1.29 is 13.6 Å². The Morgan fingerprint density at radius 2 is 1.75 bits per heavy atom. The summed E-state index contributed by atoms with van der Waals surface area (Å²) in [4.78, 5) is 26.8. The van der Waals surface area contributed by atoms with Gasteiger partial charge in [-0.15, -0.1) is 0 Å². The Hall–Kier alpha value is -3.00. The van der Waals surface area contributed by atoms with Crippen molar-refractivity contribution in [2.45, 2.75) is 12.8 Å². The summed E-state index contributed by atoms with van der Waals surface area (Å²) in [5.41, 5.74) is 2.38. The van der Waals surface area contributed by atoms with Gasteiger partial charge in [-0.3, -0.25) is 4.79 Å². The highest BCUT2D eigenvalue weighted by Crippen LogP contribution is 2.30. The van der Waals surface area contributed by atoms with E-state index in [1.54, 1.807) is 18.2 Å². The second-order valence-electron chi connectivity index (χ2n) is 8.80. The number of fused-ring (bicyclic) bond motifs is 1. The Kier molecular flexibility index (Phi) is 5.55. The number of likely N-dealkylation sites (N-methyl/N-ethyl adjacent to an activating group) is 1. The number of amides is 1. The van der Waals surface area contributed by atoms with Gasteiger partial charge >= 0.3 is 0 Å². The molecule has 1 aromatic heterocycles. The number of piperazine rings is 1. The largest absolute Gasteiger partial charge is 0.371 e. The molecule has 0 bridgehead atoms. The number of hydrogen-bond donors (Lipinski definition) is 1. The third-order valence-electron chi connectivity index (χ3n) is 6.67. The fourth-order valence-electron chi connectivity index (χ4n) is 4.67. The maximum Gasteiger partial charge on any atom is 0.225 e. The van der Waals surface area contributed by atoms with Crippen LogP contribution in [0.4, 0.5) is 14.5 Å². The van der Waals surface area contributed by atoms with Gasteiger partial charge in [-0.25, -0.2) is 13.8 Å². The molecule has 0 spiro atoms. The van der Waals surface area contributed by atoms with Crippen LogP contribution in [0.3, 0.4) is 0 Å². The van der Waals surface area contributed by atoms with Crippen LogP contribution >= 0.6 is 0 Å². The zero-order chi connectivity index (χ0) is 22.2. The molecular weight excluding hydrogens is 412 g/mol. The molecule has 0 unspecified atom stereocenters. The minimum absolute atomic E-state index is 0.0554. The summed E-state index contributed by atoms with van der Waals surface area (Å²) >= 11 is 0. The first-order chi connectivity index (χ1) is 15.5. The number of rotatable bonds is 3. The number of imidazole rings is 1. The average Bonchev–Trinajstić information content (AvgIpc) is 3.22. The molecular formula is C24H27F2N5O. The van der Waals surface area contributed by atoms with Gasteiger partial charge in [-0.2, -0.15) is 0 Å². The Bertz CT molecular complexity index is 1130. The highest BCUT2D eigenvalue weighted by atomic mass is 19.1. The molecule has 2 fully saturated rings. The first-order valence-corrected chi connectivity index (χ1v) is 11.2. The summed E-state index contributed by atoms with van der Waals surface area (Å²) in [6.07, 6.45) is 1.59. The third kappa shape index (κ3) is 4.07. The summed E-state index contributed by atoms with van der Waals surface area (Å²) in [6.45, 7) is 4.96. The van der Waals surface area contributed by atoms with Crippen molar-refractivity contribution >= 4 is 22.6 Å². The number of carbonyl (C=O) groups is 1. The highest BCUT2D eigenvalue weighted by Gasteiger charge is 2.30. The van der Waals surface area contributed by atoms with E-state index in [0.717, 1.165) is 57.8 Å². The number of nitrogens with zero attached hydrogens (tertiary/aromatic N) is 4. The van der Waals surface area contributed by atoms with Crippen LogP contribution in [0.5, 0.6) is 0 Å². The summed E-state index contributed by atoms with van der Waals surface area (Å²) in [7, 11) is 2.08. The molecule has 3 heterocycles. The molecule has 1 amide bonds. The Morgan fingerprint density at radius 3 is 2.50 bits per heavy atom. The molecule has 1 N–H and O–H groups in total. The monoisotopic (exact) mass is 439 g/mol. The summed E-state index contributed by atoms with van der Waals surface area (Å²) in [6, 6.07) is 9.28. The van der Waals surface area contributed by atoms with Crippen molar-refractivity contribution in [1.29, 1.82) is 0 Å². The van der Waals surface area contributed by atoms with Crippen LogP contribution in [0.2, 0.25) is 0 Å². The number of aromatic amines is 1. The second-order valence-corrected chi connectivity index (χ2v) is 8.80. The van der Waals surface area contributed by atoms with Gasteiger partial charge in [0, 0.05) is 56.9 Å². The maximum atomic E-state index is 14.6. The molecule has 168 valence electrons. The van der Waals surface area contributed by atoms with Gasteiger partial charge in [0.2, 0.25) is 5.91 Å². The van der Waals surface area contributed by atoms with Crippen LogP contribution in [0.1, 0.15) is 12.8 Å². The molecule has 32 heavy (non-hydrogen) atoms. The SMILES string of the molecule is CN1CCN(C(=O)C2CCN(c3ccc(F)c(-c4nc5cc(F)ccc5[nH]4)c3)CC2)CC1. The maximum absolute atomic E-state index is 14.6. The van der Waals surface area contributed by atoms with Crippen molar-refractivity contribution in [3.05, 3.63) is 48.0 Å². The lowest BCUT2D eigenvalue weighted by atomic mass is 9.94. The van der Waals surface area contributed by atoms with Crippen LogP contribution in [-0.2, 0) is 4.79 Å². The molecule has 3 aromatic rings. The highest BCUT2D eigenvalue weighted by molar-refractivity contribution is 5.81. The minimum Gasteiger partial charge on any atom is -0.371 e. The topological polar surface area (TPSA) is 55.5 Å². The minimum atomic E-state index is -0.381. The number of carbonyl (C=O) groups excluding carboxylic acids is 1. The van der Waals surface area contributed by atoms with E-state index in [4.69, 9.17) is 0 Å². The predicted octanol–water partition coefficient (Wildman–Crippen LogP) is 3.50. The molecule has 8 heteroatoms. The van der Waals surface area contributed by atoms with Gasteiger partial charge in [0.25, 0.3) is 0 Å². The van der Waals surface area contributed by atoms with Gasteiger partial charge < -0.3 is 19.7 Å². The molecule has 2 aliphatic rings. The lowest BCUT2D eigenvalue weighted by molar-refractivity contribution is -0.137. The lowest BCUT2D eigenvalue weighted by Crippen LogP contribution is -2.50. The molecule has 6 nitrogen and oxygen atoms in total. The first kappa shape index (κ1) is 20.9. The molecule has 2 aromatic carbocycles. The number of piperidine rings is 1. The molecule has 2 saturated heterocycles. The normalized spacial score (nSPS) is 18.5. The van der Waals surface area contributed by atoms with Crippen molar-refractivity contribution in [3.63, 3.8) is 0 Å². The van der Waals surface area contributed by atoms with Gasteiger partial charge in [0.05, 0.1) is 16.6 Å². The number of anilines is 1. The van der Waals surface area contributed by atoms with Crippen molar-refractivity contribution in [2.75, 3.05) is 51.2 Å².